The van der Waals surface area contributed by atoms with Gasteiger partial charge in [-0.3, -0.25) is 0 Å². The van der Waals surface area contributed by atoms with E-state index in [0.717, 1.165) is 25.8 Å². The highest BCUT2D eigenvalue weighted by Crippen LogP contribution is 2.13. The number of aliphatic hydroxyl groups excluding tert-OH is 1. The molecule has 2 N–H and O–H groups in total. The summed E-state index contributed by atoms with van der Waals surface area (Å²) in [5.41, 5.74) is 0.0320. The van der Waals surface area contributed by atoms with Crippen molar-refractivity contribution in [1.82, 2.24) is 5.32 Å². The molecule has 0 aliphatic rings. The topological polar surface area (TPSA) is 56.0 Å². The van der Waals surface area contributed by atoms with Crippen LogP contribution in [0.25, 0.3) is 0 Å². The van der Waals surface area contributed by atoms with Crippen LogP contribution < -0.4 is 5.32 Å². The van der Waals surface area contributed by atoms with Gasteiger partial charge in [0.15, 0.2) is 0 Å². The lowest BCUT2D eigenvalue weighted by atomic mass is 9.95. The standard InChI is InChI=1S/C10H20N2O/c1-3-10(2,6-9-13)12-8-5-4-7-11/h12-13H,3-6,8-9H2,1-2H3. The number of unbranched alkanes of at least 4 members (excludes halogenated alkanes) is 1. The maximum absolute atomic E-state index is 8.84. The van der Waals surface area contributed by atoms with E-state index in [1.54, 1.807) is 0 Å². The van der Waals surface area contributed by atoms with Gasteiger partial charge in [-0.05, 0) is 32.7 Å². The fraction of sp³-hybridized carbons (Fsp3) is 0.900. The maximum atomic E-state index is 8.84. The quantitative estimate of drug-likeness (QED) is 0.588. The second-order valence-electron chi connectivity index (χ2n) is 3.58. The Balaban J connectivity index is 3.64. The van der Waals surface area contributed by atoms with Crippen molar-refractivity contribution in [2.75, 3.05) is 13.2 Å². The van der Waals surface area contributed by atoms with Crippen molar-refractivity contribution < 1.29 is 5.11 Å². The monoisotopic (exact) mass is 184 g/mol. The number of hydrogen-bond donors (Lipinski definition) is 2. The van der Waals surface area contributed by atoms with Crippen molar-refractivity contribution >= 4 is 0 Å². The zero-order valence-corrected chi connectivity index (χ0v) is 8.64. The average Bonchev–Trinajstić information content (AvgIpc) is 2.13. The van der Waals surface area contributed by atoms with E-state index in [0.29, 0.717) is 6.42 Å². The highest BCUT2D eigenvalue weighted by molar-refractivity contribution is 4.81. The molecule has 0 aromatic rings. The molecule has 13 heavy (non-hydrogen) atoms. The van der Waals surface area contributed by atoms with Crippen LogP contribution in [0.2, 0.25) is 0 Å². The van der Waals surface area contributed by atoms with Crippen molar-refractivity contribution in [3.05, 3.63) is 0 Å². The molecule has 0 amide bonds. The van der Waals surface area contributed by atoms with Crippen LogP contribution in [0, 0.1) is 11.3 Å². The molecule has 0 spiro atoms. The second-order valence-corrected chi connectivity index (χ2v) is 3.58. The second kappa shape index (κ2) is 6.88. The largest absolute Gasteiger partial charge is 0.396 e. The number of nitrogens with zero attached hydrogens (tertiary/aromatic N) is 1. The number of nitriles is 1. The fourth-order valence-electron chi connectivity index (χ4n) is 1.19. The molecule has 3 nitrogen and oxygen atoms in total. The third kappa shape index (κ3) is 5.62. The predicted molar refractivity (Wildman–Crippen MR) is 53.2 cm³/mol. The Morgan fingerprint density at radius 2 is 2.23 bits per heavy atom. The number of rotatable bonds is 7. The van der Waals surface area contributed by atoms with Gasteiger partial charge in [-0.1, -0.05) is 6.92 Å². The Morgan fingerprint density at radius 3 is 2.69 bits per heavy atom. The average molecular weight is 184 g/mol. The van der Waals surface area contributed by atoms with Crippen LogP contribution in [0.5, 0.6) is 0 Å². The van der Waals surface area contributed by atoms with Gasteiger partial charge in [-0.15, -0.1) is 0 Å². The first-order valence-corrected chi connectivity index (χ1v) is 4.91. The lowest BCUT2D eigenvalue weighted by Crippen LogP contribution is -2.43. The summed E-state index contributed by atoms with van der Waals surface area (Å²) in [6.45, 7) is 5.29. The van der Waals surface area contributed by atoms with Crippen LogP contribution in [-0.4, -0.2) is 23.8 Å². The molecule has 0 aromatic heterocycles. The minimum absolute atomic E-state index is 0.0320. The van der Waals surface area contributed by atoms with E-state index < -0.39 is 0 Å². The molecular formula is C10H20N2O. The van der Waals surface area contributed by atoms with Crippen LogP contribution >= 0.6 is 0 Å². The summed E-state index contributed by atoms with van der Waals surface area (Å²) >= 11 is 0. The molecular weight excluding hydrogens is 164 g/mol. The van der Waals surface area contributed by atoms with Crippen LogP contribution in [0.15, 0.2) is 0 Å². The Kier molecular flexibility index (Phi) is 6.56. The van der Waals surface area contributed by atoms with Gasteiger partial charge >= 0.3 is 0 Å². The minimum Gasteiger partial charge on any atom is -0.396 e. The summed E-state index contributed by atoms with van der Waals surface area (Å²) in [7, 11) is 0. The normalized spacial score (nSPS) is 14.9. The smallest absolute Gasteiger partial charge is 0.0622 e. The van der Waals surface area contributed by atoms with Gasteiger partial charge in [-0.25, -0.2) is 0 Å². The summed E-state index contributed by atoms with van der Waals surface area (Å²) in [4.78, 5) is 0. The summed E-state index contributed by atoms with van der Waals surface area (Å²) in [5.74, 6) is 0. The number of nitrogens with one attached hydrogen (secondary N) is 1. The number of hydrogen-bond acceptors (Lipinski definition) is 3. The summed E-state index contributed by atoms with van der Waals surface area (Å²) in [6.07, 6.45) is 3.26. The molecule has 0 radical (unpaired) electrons. The molecule has 76 valence electrons. The molecule has 0 saturated heterocycles. The Hall–Kier alpha value is -0.590. The zero-order chi connectivity index (χ0) is 10.2. The van der Waals surface area contributed by atoms with Gasteiger partial charge in [-0.2, -0.15) is 5.26 Å². The molecule has 0 aromatic carbocycles. The molecule has 3 heteroatoms. The van der Waals surface area contributed by atoms with Crippen molar-refractivity contribution in [2.45, 2.75) is 45.1 Å². The van der Waals surface area contributed by atoms with Gasteiger partial charge in [0.2, 0.25) is 0 Å². The van der Waals surface area contributed by atoms with E-state index in [1.165, 1.54) is 0 Å². The van der Waals surface area contributed by atoms with Gasteiger partial charge in [0.25, 0.3) is 0 Å². The lowest BCUT2D eigenvalue weighted by molar-refractivity contribution is 0.216. The third-order valence-corrected chi connectivity index (χ3v) is 2.46. The molecule has 1 unspecified atom stereocenters. The molecule has 0 heterocycles. The van der Waals surface area contributed by atoms with E-state index >= 15 is 0 Å². The summed E-state index contributed by atoms with van der Waals surface area (Å²) in [6, 6.07) is 2.11. The van der Waals surface area contributed by atoms with Crippen molar-refractivity contribution in [1.29, 1.82) is 5.26 Å². The molecule has 0 bridgehead atoms. The Labute approximate surface area is 80.8 Å². The Bertz CT molecular complexity index is 165. The first-order chi connectivity index (χ1) is 6.18. The molecule has 0 aliphatic carbocycles. The van der Waals surface area contributed by atoms with E-state index in [9.17, 15) is 0 Å². The van der Waals surface area contributed by atoms with Gasteiger partial charge in [0.1, 0.15) is 0 Å². The molecule has 0 aliphatic heterocycles. The van der Waals surface area contributed by atoms with E-state index in [-0.39, 0.29) is 12.1 Å². The molecule has 0 saturated carbocycles. The molecule has 0 rings (SSSR count). The highest BCUT2D eigenvalue weighted by Gasteiger charge is 2.19. The molecule has 0 fully saturated rings. The zero-order valence-electron chi connectivity index (χ0n) is 8.64. The first-order valence-electron chi connectivity index (χ1n) is 4.91. The van der Waals surface area contributed by atoms with E-state index in [4.69, 9.17) is 10.4 Å². The SMILES string of the molecule is CCC(C)(CCO)NCCCC#N. The Morgan fingerprint density at radius 1 is 1.54 bits per heavy atom. The van der Waals surface area contributed by atoms with Crippen LogP contribution in [0.3, 0.4) is 0 Å². The van der Waals surface area contributed by atoms with Crippen molar-refractivity contribution in [2.24, 2.45) is 0 Å². The summed E-state index contributed by atoms with van der Waals surface area (Å²) in [5, 5.41) is 20.6. The van der Waals surface area contributed by atoms with E-state index in [1.807, 2.05) is 0 Å². The van der Waals surface area contributed by atoms with Gasteiger partial charge < -0.3 is 10.4 Å². The number of aliphatic hydroxyl groups is 1. The van der Waals surface area contributed by atoms with Crippen LogP contribution in [-0.2, 0) is 0 Å². The van der Waals surface area contributed by atoms with Crippen molar-refractivity contribution in [3.63, 3.8) is 0 Å². The fourth-order valence-corrected chi connectivity index (χ4v) is 1.19. The van der Waals surface area contributed by atoms with E-state index in [2.05, 4.69) is 25.2 Å². The predicted octanol–water partition coefficient (Wildman–Crippen LogP) is 1.43. The summed E-state index contributed by atoms with van der Waals surface area (Å²) < 4.78 is 0. The van der Waals surface area contributed by atoms with Gasteiger partial charge in [0, 0.05) is 18.6 Å². The van der Waals surface area contributed by atoms with Crippen molar-refractivity contribution in [3.8, 4) is 6.07 Å². The maximum Gasteiger partial charge on any atom is 0.0622 e. The first kappa shape index (κ1) is 12.4. The van der Waals surface area contributed by atoms with Crippen LogP contribution in [0.4, 0.5) is 0 Å². The lowest BCUT2D eigenvalue weighted by Gasteiger charge is -2.29. The van der Waals surface area contributed by atoms with Gasteiger partial charge in [0.05, 0.1) is 6.07 Å². The van der Waals surface area contributed by atoms with Crippen LogP contribution in [0.1, 0.15) is 39.5 Å². The third-order valence-electron chi connectivity index (χ3n) is 2.46. The molecule has 1 atom stereocenters. The highest BCUT2D eigenvalue weighted by atomic mass is 16.3. The minimum atomic E-state index is 0.0320.